The van der Waals surface area contributed by atoms with Crippen LogP contribution < -0.4 is 4.74 Å². The molecule has 2 nitrogen and oxygen atoms in total. The van der Waals surface area contributed by atoms with Gasteiger partial charge in [0.25, 0.3) is 0 Å². The largest absolute Gasteiger partial charge is 0.492 e. The van der Waals surface area contributed by atoms with Crippen molar-refractivity contribution in [1.29, 1.82) is 0 Å². The Morgan fingerprint density at radius 1 is 1.54 bits per heavy atom. The van der Waals surface area contributed by atoms with Gasteiger partial charge in [0.15, 0.2) is 0 Å². The number of benzene rings is 1. The number of ether oxygens (including phenoxy) is 1. The van der Waals surface area contributed by atoms with Crippen molar-refractivity contribution >= 4 is 6.29 Å². The molecule has 0 saturated heterocycles. The molecule has 1 heterocycles. The Labute approximate surface area is 77.5 Å². The van der Waals surface area contributed by atoms with Gasteiger partial charge in [-0.05, 0) is 6.07 Å². The first kappa shape index (κ1) is 8.30. The van der Waals surface area contributed by atoms with E-state index in [9.17, 15) is 4.79 Å². The molecule has 2 heteroatoms. The highest BCUT2D eigenvalue weighted by Gasteiger charge is 2.35. The molecule has 13 heavy (non-hydrogen) atoms. The third-order valence-electron chi connectivity index (χ3n) is 2.62. The summed E-state index contributed by atoms with van der Waals surface area (Å²) in [6, 6.07) is 7.92. The van der Waals surface area contributed by atoms with Crippen LogP contribution in [0, 0.1) is 0 Å². The van der Waals surface area contributed by atoms with E-state index in [1.54, 1.807) is 0 Å². The third-order valence-corrected chi connectivity index (χ3v) is 2.62. The summed E-state index contributed by atoms with van der Waals surface area (Å²) in [5.41, 5.74) is 1.04. The Balaban J connectivity index is 2.42. The van der Waals surface area contributed by atoms with Crippen molar-refractivity contribution in [2.75, 3.05) is 6.61 Å². The van der Waals surface area contributed by atoms with E-state index in [0.29, 0.717) is 13.0 Å². The van der Waals surface area contributed by atoms with E-state index in [0.717, 1.165) is 17.6 Å². The lowest BCUT2D eigenvalue weighted by Gasteiger charge is -2.18. The predicted octanol–water partition coefficient (Wildman–Crippen LogP) is 1.93. The number of rotatable bonds is 2. The Kier molecular flexibility index (Phi) is 1.83. The zero-order chi connectivity index (χ0) is 9.31. The Bertz CT molecular complexity index is 333. The van der Waals surface area contributed by atoms with Crippen molar-refractivity contribution in [3.8, 4) is 5.75 Å². The van der Waals surface area contributed by atoms with Crippen LogP contribution in [0.4, 0.5) is 0 Å². The molecule has 2 rings (SSSR count). The zero-order valence-corrected chi connectivity index (χ0v) is 7.62. The van der Waals surface area contributed by atoms with Crippen molar-refractivity contribution in [1.82, 2.24) is 0 Å². The maximum atomic E-state index is 10.5. The van der Waals surface area contributed by atoms with Gasteiger partial charge in [-0.25, -0.2) is 0 Å². The first-order valence-corrected chi connectivity index (χ1v) is 4.42. The highest BCUT2D eigenvalue weighted by Crippen LogP contribution is 2.39. The average molecular weight is 176 g/mol. The van der Waals surface area contributed by atoms with Crippen LogP contribution in [0.25, 0.3) is 0 Å². The molecule has 0 N–H and O–H groups in total. The average Bonchev–Trinajstić information content (AvgIpc) is 2.46. The smallest absolute Gasteiger partial charge is 0.123 e. The maximum Gasteiger partial charge on any atom is 0.123 e. The fourth-order valence-corrected chi connectivity index (χ4v) is 1.76. The van der Waals surface area contributed by atoms with Crippen LogP contribution in [0.3, 0.4) is 0 Å². The number of hydrogen-bond donors (Lipinski definition) is 0. The number of carbonyl (C=O) groups is 1. The van der Waals surface area contributed by atoms with Gasteiger partial charge in [-0.2, -0.15) is 0 Å². The molecule has 0 amide bonds. The predicted molar refractivity (Wildman–Crippen MR) is 50.0 cm³/mol. The van der Waals surface area contributed by atoms with Gasteiger partial charge in [0.1, 0.15) is 12.0 Å². The molecule has 0 saturated carbocycles. The van der Waals surface area contributed by atoms with Gasteiger partial charge >= 0.3 is 0 Å². The van der Waals surface area contributed by atoms with Crippen LogP contribution in [0.2, 0.25) is 0 Å². The zero-order valence-electron chi connectivity index (χ0n) is 7.62. The summed E-state index contributed by atoms with van der Waals surface area (Å²) in [5, 5.41) is 0. The van der Waals surface area contributed by atoms with E-state index in [-0.39, 0.29) is 5.41 Å². The fourth-order valence-electron chi connectivity index (χ4n) is 1.76. The van der Waals surface area contributed by atoms with Crippen LogP contribution in [-0.2, 0) is 10.2 Å². The van der Waals surface area contributed by atoms with E-state index in [4.69, 9.17) is 4.74 Å². The van der Waals surface area contributed by atoms with Gasteiger partial charge < -0.3 is 9.53 Å². The molecule has 1 atom stereocenters. The molecule has 1 aliphatic rings. The standard InChI is InChI=1S/C11H12O2/c1-11(6-7-12)8-13-10-5-3-2-4-9(10)11/h2-5,7H,6,8H2,1H3. The van der Waals surface area contributed by atoms with Crippen LogP contribution in [-0.4, -0.2) is 12.9 Å². The SMILES string of the molecule is CC1(CC=O)COc2ccccc21. The molecule has 0 radical (unpaired) electrons. The summed E-state index contributed by atoms with van der Waals surface area (Å²) < 4.78 is 5.51. The molecule has 1 unspecified atom stereocenters. The molecule has 0 fully saturated rings. The number of aldehydes is 1. The van der Waals surface area contributed by atoms with Crippen molar-refractivity contribution in [2.45, 2.75) is 18.8 Å². The number of fused-ring (bicyclic) bond motifs is 1. The molecule has 0 bridgehead atoms. The fraction of sp³-hybridized carbons (Fsp3) is 0.364. The van der Waals surface area contributed by atoms with Gasteiger partial charge in [-0.1, -0.05) is 25.1 Å². The molecular weight excluding hydrogens is 164 g/mol. The van der Waals surface area contributed by atoms with Crippen molar-refractivity contribution in [2.24, 2.45) is 0 Å². The Hall–Kier alpha value is -1.31. The molecule has 0 spiro atoms. The molecule has 68 valence electrons. The number of carbonyl (C=O) groups excluding carboxylic acids is 1. The summed E-state index contributed by atoms with van der Waals surface area (Å²) in [4.78, 5) is 10.5. The van der Waals surface area contributed by atoms with Gasteiger partial charge in [-0.15, -0.1) is 0 Å². The van der Waals surface area contributed by atoms with E-state index in [2.05, 4.69) is 6.92 Å². The Morgan fingerprint density at radius 2 is 2.31 bits per heavy atom. The summed E-state index contributed by atoms with van der Waals surface area (Å²) in [7, 11) is 0. The van der Waals surface area contributed by atoms with Crippen molar-refractivity contribution < 1.29 is 9.53 Å². The number of hydrogen-bond acceptors (Lipinski definition) is 2. The highest BCUT2D eigenvalue weighted by molar-refractivity contribution is 5.56. The van der Waals surface area contributed by atoms with Crippen molar-refractivity contribution in [3.05, 3.63) is 29.8 Å². The molecule has 0 aliphatic carbocycles. The topological polar surface area (TPSA) is 26.3 Å². The van der Waals surface area contributed by atoms with E-state index in [1.165, 1.54) is 0 Å². The maximum absolute atomic E-state index is 10.5. The second-order valence-electron chi connectivity index (χ2n) is 3.72. The molecule has 1 aromatic rings. The molecular formula is C11H12O2. The Morgan fingerprint density at radius 3 is 3.08 bits per heavy atom. The number of para-hydroxylation sites is 1. The highest BCUT2D eigenvalue weighted by atomic mass is 16.5. The minimum Gasteiger partial charge on any atom is -0.492 e. The van der Waals surface area contributed by atoms with E-state index < -0.39 is 0 Å². The second kappa shape index (κ2) is 2.87. The summed E-state index contributed by atoms with van der Waals surface area (Å²) in [6.07, 6.45) is 1.50. The van der Waals surface area contributed by atoms with Gasteiger partial charge in [0, 0.05) is 17.4 Å². The first-order chi connectivity index (χ1) is 6.26. The molecule has 0 aromatic heterocycles. The molecule has 1 aliphatic heterocycles. The van der Waals surface area contributed by atoms with Crippen LogP contribution in [0.15, 0.2) is 24.3 Å². The minimum atomic E-state index is -0.113. The van der Waals surface area contributed by atoms with E-state index in [1.807, 2.05) is 24.3 Å². The van der Waals surface area contributed by atoms with Gasteiger partial charge in [0.05, 0.1) is 6.61 Å². The van der Waals surface area contributed by atoms with Crippen LogP contribution in [0.5, 0.6) is 5.75 Å². The summed E-state index contributed by atoms with van der Waals surface area (Å²) in [5.74, 6) is 0.923. The van der Waals surface area contributed by atoms with Crippen molar-refractivity contribution in [3.63, 3.8) is 0 Å². The lowest BCUT2D eigenvalue weighted by molar-refractivity contribution is -0.108. The normalized spacial score (nSPS) is 25.0. The van der Waals surface area contributed by atoms with Gasteiger partial charge in [-0.3, -0.25) is 0 Å². The van der Waals surface area contributed by atoms with Crippen LogP contribution >= 0.6 is 0 Å². The first-order valence-electron chi connectivity index (χ1n) is 4.42. The summed E-state index contributed by atoms with van der Waals surface area (Å²) in [6.45, 7) is 2.68. The van der Waals surface area contributed by atoms with E-state index >= 15 is 0 Å². The third kappa shape index (κ3) is 1.22. The second-order valence-corrected chi connectivity index (χ2v) is 3.72. The van der Waals surface area contributed by atoms with Gasteiger partial charge in [0.2, 0.25) is 0 Å². The minimum absolute atomic E-state index is 0.113. The lowest BCUT2D eigenvalue weighted by Crippen LogP contribution is -2.23. The lowest BCUT2D eigenvalue weighted by atomic mass is 9.82. The molecule has 1 aromatic carbocycles. The quantitative estimate of drug-likeness (QED) is 0.643. The summed E-state index contributed by atoms with van der Waals surface area (Å²) >= 11 is 0. The van der Waals surface area contributed by atoms with Crippen LogP contribution in [0.1, 0.15) is 18.9 Å². The monoisotopic (exact) mass is 176 g/mol.